The number of rotatable bonds is 4. The van der Waals surface area contributed by atoms with E-state index in [0.717, 1.165) is 6.07 Å². The van der Waals surface area contributed by atoms with Crippen LogP contribution in [0.15, 0.2) is 42.5 Å². The summed E-state index contributed by atoms with van der Waals surface area (Å²) in [7, 11) is 1.61. The molecule has 0 aromatic heterocycles. The molecule has 1 saturated carbocycles. The topological polar surface area (TPSA) is 63.4 Å². The molecule has 2 amide bonds. The van der Waals surface area contributed by atoms with E-state index in [9.17, 15) is 18.4 Å². The van der Waals surface area contributed by atoms with Crippen LogP contribution in [0.1, 0.15) is 28.3 Å². The normalized spacial score (nSPS) is 19.0. The molecule has 6 heteroatoms. The molecule has 2 aromatic carbocycles. The van der Waals surface area contributed by atoms with Gasteiger partial charge in [0.2, 0.25) is 11.8 Å². The molecule has 0 saturated heterocycles. The molecule has 1 aliphatic rings. The fraction of sp³-hybridized carbons (Fsp3) is 0.222. The minimum atomic E-state index is -0.902. The van der Waals surface area contributed by atoms with E-state index in [0.29, 0.717) is 17.7 Å². The number of hydrogen-bond donors (Lipinski definition) is 1. The minimum Gasteiger partial charge on any atom is -0.366 e. The van der Waals surface area contributed by atoms with Crippen LogP contribution in [0.3, 0.4) is 0 Å². The maximum absolute atomic E-state index is 13.8. The van der Waals surface area contributed by atoms with E-state index in [1.807, 2.05) is 0 Å². The van der Waals surface area contributed by atoms with Gasteiger partial charge in [0.1, 0.15) is 0 Å². The monoisotopic (exact) mass is 330 g/mol. The quantitative estimate of drug-likeness (QED) is 0.937. The molecule has 0 bridgehead atoms. The fourth-order valence-corrected chi connectivity index (χ4v) is 2.84. The summed E-state index contributed by atoms with van der Waals surface area (Å²) >= 11 is 0. The number of amides is 2. The van der Waals surface area contributed by atoms with Gasteiger partial charge < -0.3 is 10.6 Å². The van der Waals surface area contributed by atoms with Gasteiger partial charge in [-0.25, -0.2) is 8.78 Å². The molecule has 0 spiro atoms. The molecule has 1 aliphatic carbocycles. The molecule has 0 unspecified atom stereocenters. The van der Waals surface area contributed by atoms with E-state index in [1.54, 1.807) is 19.2 Å². The number of nitrogens with zero attached hydrogens (tertiary/aromatic N) is 1. The van der Waals surface area contributed by atoms with E-state index in [-0.39, 0.29) is 23.3 Å². The molecular formula is C18H16F2N2O2. The Morgan fingerprint density at radius 2 is 1.79 bits per heavy atom. The Labute approximate surface area is 137 Å². The van der Waals surface area contributed by atoms with Gasteiger partial charge in [0.15, 0.2) is 11.6 Å². The van der Waals surface area contributed by atoms with Gasteiger partial charge in [-0.15, -0.1) is 0 Å². The van der Waals surface area contributed by atoms with Gasteiger partial charge in [0.25, 0.3) is 0 Å². The second-order valence-electron chi connectivity index (χ2n) is 5.90. The molecule has 3 rings (SSSR count). The largest absolute Gasteiger partial charge is 0.366 e. The van der Waals surface area contributed by atoms with E-state index >= 15 is 0 Å². The van der Waals surface area contributed by atoms with Gasteiger partial charge in [0.05, 0.1) is 0 Å². The van der Waals surface area contributed by atoms with Crippen molar-refractivity contribution in [2.75, 3.05) is 11.9 Å². The number of halogens is 2. The molecule has 124 valence electrons. The third kappa shape index (κ3) is 2.87. The Morgan fingerprint density at radius 3 is 2.42 bits per heavy atom. The highest BCUT2D eigenvalue weighted by Gasteiger charge is 2.46. The number of hydrogen-bond acceptors (Lipinski definition) is 2. The summed E-state index contributed by atoms with van der Waals surface area (Å²) in [6, 6.07) is 10.3. The van der Waals surface area contributed by atoms with Gasteiger partial charge in [-0.3, -0.25) is 9.59 Å². The summed E-state index contributed by atoms with van der Waals surface area (Å²) in [4.78, 5) is 25.0. The van der Waals surface area contributed by atoms with Crippen LogP contribution in [0.4, 0.5) is 14.5 Å². The van der Waals surface area contributed by atoms with Gasteiger partial charge in [-0.2, -0.15) is 0 Å². The zero-order valence-electron chi connectivity index (χ0n) is 13.0. The lowest BCUT2D eigenvalue weighted by Gasteiger charge is -2.17. The number of benzene rings is 2. The van der Waals surface area contributed by atoms with Gasteiger partial charge in [-0.05, 0) is 48.2 Å². The summed E-state index contributed by atoms with van der Waals surface area (Å²) in [6.07, 6.45) is 0.489. The van der Waals surface area contributed by atoms with Crippen molar-refractivity contribution in [1.29, 1.82) is 0 Å². The second-order valence-corrected chi connectivity index (χ2v) is 5.90. The van der Waals surface area contributed by atoms with Gasteiger partial charge in [-0.1, -0.05) is 12.1 Å². The molecule has 0 aliphatic heterocycles. The molecule has 4 nitrogen and oxygen atoms in total. The van der Waals surface area contributed by atoms with E-state index in [4.69, 9.17) is 5.73 Å². The SMILES string of the molecule is CN(C(=O)[C@H]1C[C@@H]1c1cccc(F)c1F)c1ccc(C(N)=O)cc1. The summed E-state index contributed by atoms with van der Waals surface area (Å²) < 4.78 is 27.1. The van der Waals surface area contributed by atoms with Crippen molar-refractivity contribution in [2.24, 2.45) is 11.7 Å². The van der Waals surface area contributed by atoms with Crippen LogP contribution in [-0.4, -0.2) is 18.9 Å². The number of primary amides is 1. The Morgan fingerprint density at radius 1 is 1.12 bits per heavy atom. The average molecular weight is 330 g/mol. The van der Waals surface area contributed by atoms with Crippen LogP contribution < -0.4 is 10.6 Å². The maximum Gasteiger partial charge on any atom is 0.248 e. The average Bonchev–Trinajstić information content (AvgIpc) is 3.36. The van der Waals surface area contributed by atoms with Crippen molar-refractivity contribution in [3.8, 4) is 0 Å². The molecule has 0 heterocycles. The number of carbonyl (C=O) groups excluding carboxylic acids is 2. The van der Waals surface area contributed by atoms with Crippen LogP contribution in [0.5, 0.6) is 0 Å². The lowest BCUT2D eigenvalue weighted by molar-refractivity contribution is -0.119. The highest BCUT2D eigenvalue weighted by atomic mass is 19.2. The Hall–Kier alpha value is -2.76. The van der Waals surface area contributed by atoms with Crippen LogP contribution in [-0.2, 0) is 4.79 Å². The minimum absolute atomic E-state index is 0.171. The molecule has 2 N–H and O–H groups in total. The zero-order valence-corrected chi connectivity index (χ0v) is 13.0. The standard InChI is InChI=1S/C18H16F2N2O2/c1-22(11-7-5-10(6-8-11)17(21)23)18(24)14-9-13(14)12-3-2-4-15(19)16(12)20/h2-8,13-14H,9H2,1H3,(H2,21,23)/t13-,14+/m1/s1. The van der Waals surface area contributed by atoms with Crippen LogP contribution in [0.2, 0.25) is 0 Å². The van der Waals surface area contributed by atoms with Crippen molar-refractivity contribution in [3.63, 3.8) is 0 Å². The third-order valence-electron chi connectivity index (χ3n) is 4.36. The Bertz CT molecular complexity index is 805. The van der Waals surface area contributed by atoms with Crippen molar-refractivity contribution < 1.29 is 18.4 Å². The summed E-state index contributed by atoms with van der Waals surface area (Å²) in [6.45, 7) is 0. The van der Waals surface area contributed by atoms with Gasteiger partial charge in [0, 0.05) is 24.2 Å². The van der Waals surface area contributed by atoms with E-state index < -0.39 is 17.5 Å². The Kier molecular flexibility index (Phi) is 4.05. The number of carbonyl (C=O) groups is 2. The first-order chi connectivity index (χ1) is 11.4. The van der Waals surface area contributed by atoms with Gasteiger partial charge >= 0.3 is 0 Å². The molecule has 2 atom stereocenters. The first-order valence-corrected chi connectivity index (χ1v) is 7.51. The van der Waals surface area contributed by atoms with Crippen LogP contribution >= 0.6 is 0 Å². The van der Waals surface area contributed by atoms with Crippen LogP contribution in [0.25, 0.3) is 0 Å². The highest BCUT2D eigenvalue weighted by molar-refractivity contribution is 5.98. The molecule has 1 fully saturated rings. The van der Waals surface area contributed by atoms with E-state index in [1.165, 1.54) is 29.2 Å². The first kappa shape index (κ1) is 16.1. The molecule has 24 heavy (non-hydrogen) atoms. The van der Waals surface area contributed by atoms with Crippen molar-refractivity contribution in [2.45, 2.75) is 12.3 Å². The number of anilines is 1. The summed E-state index contributed by atoms with van der Waals surface area (Å²) in [5.41, 5.74) is 6.38. The van der Waals surface area contributed by atoms with Crippen molar-refractivity contribution in [1.82, 2.24) is 0 Å². The first-order valence-electron chi connectivity index (χ1n) is 7.51. The molecule has 0 radical (unpaired) electrons. The zero-order chi connectivity index (χ0) is 17.4. The molecule has 2 aromatic rings. The highest BCUT2D eigenvalue weighted by Crippen LogP contribution is 2.49. The smallest absolute Gasteiger partial charge is 0.248 e. The molecular weight excluding hydrogens is 314 g/mol. The summed E-state index contributed by atoms with van der Waals surface area (Å²) in [5.74, 6) is -3.18. The van der Waals surface area contributed by atoms with Crippen LogP contribution in [0, 0.1) is 17.6 Å². The predicted molar refractivity (Wildman–Crippen MR) is 85.6 cm³/mol. The maximum atomic E-state index is 13.8. The Balaban J connectivity index is 1.73. The number of nitrogens with two attached hydrogens (primary N) is 1. The van der Waals surface area contributed by atoms with Crippen molar-refractivity contribution in [3.05, 3.63) is 65.2 Å². The second kappa shape index (κ2) is 6.03. The fourth-order valence-electron chi connectivity index (χ4n) is 2.84. The third-order valence-corrected chi connectivity index (χ3v) is 4.36. The van der Waals surface area contributed by atoms with Crippen molar-refractivity contribution >= 4 is 17.5 Å². The predicted octanol–water partition coefficient (Wildman–Crippen LogP) is 2.83. The van der Waals surface area contributed by atoms with E-state index in [2.05, 4.69) is 0 Å². The lowest BCUT2D eigenvalue weighted by atomic mass is 10.1. The lowest BCUT2D eigenvalue weighted by Crippen LogP contribution is -2.28. The summed E-state index contributed by atoms with van der Waals surface area (Å²) in [5, 5.41) is 0.